The maximum absolute atomic E-state index is 11.7. The molecule has 0 fully saturated rings. The first-order valence-electron chi connectivity index (χ1n) is 6.84. The number of rotatable bonds is 10. The van der Waals surface area contributed by atoms with Crippen LogP contribution in [0, 0.1) is 11.8 Å². The van der Waals surface area contributed by atoms with E-state index < -0.39 is 32.3 Å². The lowest BCUT2D eigenvalue weighted by molar-refractivity contribution is -0.140. The lowest BCUT2D eigenvalue weighted by atomic mass is 10.1. The highest BCUT2D eigenvalue weighted by atomic mass is 35.5. The highest BCUT2D eigenvalue weighted by molar-refractivity contribution is 7.34. The number of carbonyl (C=O) groups is 2. The van der Waals surface area contributed by atoms with E-state index in [9.17, 15) is 14.2 Å². The van der Waals surface area contributed by atoms with Crippen LogP contribution in [-0.4, -0.2) is 24.0 Å². The van der Waals surface area contributed by atoms with E-state index in [2.05, 4.69) is 18.7 Å². The highest BCUT2D eigenvalue weighted by Gasteiger charge is 2.37. The van der Waals surface area contributed by atoms with Crippen LogP contribution < -0.4 is 9.67 Å². The molecule has 0 bridgehead atoms. The Balaban J connectivity index is 4.47. The normalized spacial score (nSPS) is 13.8. The van der Waals surface area contributed by atoms with Crippen LogP contribution in [0.2, 0.25) is 0 Å². The van der Waals surface area contributed by atoms with Gasteiger partial charge in [0, 0.05) is 4.57 Å². The molecule has 0 aliphatic carbocycles. The molecule has 0 unspecified atom stereocenters. The molecule has 2 atom stereocenters. The van der Waals surface area contributed by atoms with E-state index in [1.54, 1.807) is 0 Å². The molecule has 128 valence electrons. The summed E-state index contributed by atoms with van der Waals surface area (Å²) in [4.78, 5) is 28.0. The molecule has 0 heterocycles. The third-order valence-electron chi connectivity index (χ3n) is 2.58. The summed E-state index contributed by atoms with van der Waals surface area (Å²) in [5, 5.41) is 0. The van der Waals surface area contributed by atoms with Crippen LogP contribution in [0.5, 0.6) is 0 Å². The molecule has 2 N–H and O–H groups in total. The molecule has 0 spiro atoms. The van der Waals surface area contributed by atoms with Crippen LogP contribution in [-0.2, 0) is 23.2 Å². The Hall–Kier alpha value is -0.460. The van der Waals surface area contributed by atoms with Crippen LogP contribution in [0.15, 0.2) is 0 Å². The Kier molecular flexibility index (Phi) is 10.9. The Labute approximate surface area is 141 Å². The molecule has 0 aromatic rings. The van der Waals surface area contributed by atoms with Gasteiger partial charge in [0.05, 0.1) is 0 Å². The van der Waals surface area contributed by atoms with E-state index in [0.29, 0.717) is 12.8 Å². The number of halogens is 2. The Morgan fingerprint density at radius 1 is 0.909 bits per heavy atom. The minimum atomic E-state index is -2.93. The van der Waals surface area contributed by atoms with Gasteiger partial charge in [0.15, 0.2) is 0 Å². The molecule has 7 nitrogen and oxygen atoms in total. The molecule has 0 aliphatic rings. The van der Waals surface area contributed by atoms with Gasteiger partial charge in [0.1, 0.15) is 12.1 Å². The number of nitrogens with one attached hydrogen (secondary N) is 2. The molecular weight excluding hydrogens is 354 g/mol. The lowest BCUT2D eigenvalue weighted by Gasteiger charge is -2.12. The van der Waals surface area contributed by atoms with E-state index in [4.69, 9.17) is 23.6 Å². The first kappa shape index (κ1) is 21.5. The summed E-state index contributed by atoms with van der Waals surface area (Å²) in [7, 11) is -2.93. The molecule has 0 saturated heterocycles. The summed E-state index contributed by atoms with van der Waals surface area (Å²) in [5.41, 5.74) is 0. The smallest absolute Gasteiger partial charge is 0.245 e. The van der Waals surface area contributed by atoms with Crippen LogP contribution in [0.25, 0.3) is 0 Å². The van der Waals surface area contributed by atoms with Gasteiger partial charge in [0.25, 0.3) is 0 Å². The molecule has 22 heavy (non-hydrogen) atoms. The first-order chi connectivity index (χ1) is 10.2. The fraction of sp³-hybridized carbons (Fsp3) is 0.833. The van der Waals surface area contributed by atoms with Crippen LogP contribution in [0.4, 0.5) is 0 Å². The fourth-order valence-corrected chi connectivity index (χ4v) is 2.55. The van der Waals surface area contributed by atoms with Gasteiger partial charge in [-0.25, -0.2) is 19.3 Å². The second kappa shape index (κ2) is 11.1. The van der Waals surface area contributed by atoms with Crippen LogP contribution in [0.1, 0.15) is 40.5 Å². The maximum Gasteiger partial charge on any atom is 0.811 e. The van der Waals surface area contributed by atoms with Gasteiger partial charge in [0.2, 0.25) is 0 Å². The molecule has 0 rings (SSSR count). The van der Waals surface area contributed by atoms with Crippen molar-refractivity contribution < 1.29 is 23.2 Å². The van der Waals surface area contributed by atoms with Crippen LogP contribution in [0.3, 0.4) is 0 Å². The van der Waals surface area contributed by atoms with Gasteiger partial charge in [-0.15, -0.1) is 0 Å². The van der Waals surface area contributed by atoms with Gasteiger partial charge in [-0.1, -0.05) is 27.7 Å². The van der Waals surface area contributed by atoms with Gasteiger partial charge in [-0.3, -0.25) is 0 Å². The minimum Gasteiger partial charge on any atom is -0.245 e. The second-order valence-electron chi connectivity index (χ2n) is 5.63. The van der Waals surface area contributed by atoms with E-state index in [-0.39, 0.29) is 11.8 Å². The van der Waals surface area contributed by atoms with Crippen molar-refractivity contribution in [1.82, 2.24) is 9.67 Å². The van der Waals surface area contributed by atoms with Crippen molar-refractivity contribution in [2.45, 2.75) is 52.6 Å². The molecule has 0 saturated carbocycles. The molecule has 0 radical (unpaired) electrons. The summed E-state index contributed by atoms with van der Waals surface area (Å²) in [6.45, 7) is 7.54. The monoisotopic (exact) mass is 375 g/mol. The third-order valence-corrected chi connectivity index (χ3v) is 3.76. The number of carbonyl (C=O) groups excluding carboxylic acids is 2. The van der Waals surface area contributed by atoms with Crippen LogP contribution >= 0.6 is 31.8 Å². The Bertz CT molecular complexity index is 362. The van der Waals surface area contributed by atoms with E-state index >= 15 is 0 Å². The van der Waals surface area contributed by atoms with Crippen molar-refractivity contribution in [2.24, 2.45) is 11.8 Å². The summed E-state index contributed by atoms with van der Waals surface area (Å²) >= 11 is 10.9. The van der Waals surface area contributed by atoms with Crippen molar-refractivity contribution in [3.63, 3.8) is 0 Å². The number of hydrogen-bond donors (Lipinski definition) is 2. The summed E-state index contributed by atoms with van der Waals surface area (Å²) in [6.07, 6.45) is 0.775. The van der Waals surface area contributed by atoms with Gasteiger partial charge >= 0.3 is 20.2 Å². The van der Waals surface area contributed by atoms with E-state index in [1.807, 2.05) is 27.7 Å². The standard InChI is InChI=1S/C12H22Cl2N2O5P/c1-7(2)5-9(15-13)11(17)20-22(19)21-12(18)10(16-14)6-8(3)4/h7-10,15-16H,5-6H2,1-4H3/q+1/t9-,10-/m0/s1. The predicted molar refractivity (Wildman–Crippen MR) is 84.3 cm³/mol. The molecule has 0 aliphatic heterocycles. The Morgan fingerprint density at radius 2 is 1.23 bits per heavy atom. The molecule has 0 aromatic heterocycles. The average Bonchev–Trinajstić information content (AvgIpc) is 2.40. The number of hydrogen-bond acceptors (Lipinski definition) is 7. The SMILES string of the molecule is CC(C)C[C@H](NCl)C(=O)O[P+](=O)OC(=O)[C@H](CC(C)C)NCl. The molecule has 0 amide bonds. The molecule has 10 heteroatoms. The quantitative estimate of drug-likeness (QED) is 0.447. The molecule has 0 aromatic carbocycles. The largest absolute Gasteiger partial charge is 0.811 e. The lowest BCUT2D eigenvalue weighted by Crippen LogP contribution is -2.34. The molecular formula is C12H22Cl2N2O5P+. The van der Waals surface area contributed by atoms with Crippen molar-refractivity contribution in [1.29, 1.82) is 0 Å². The van der Waals surface area contributed by atoms with E-state index in [0.717, 1.165) is 0 Å². The predicted octanol–water partition coefficient (Wildman–Crippen LogP) is 3.05. The highest BCUT2D eigenvalue weighted by Crippen LogP contribution is 2.27. The second-order valence-corrected chi connectivity index (χ2v) is 6.88. The van der Waals surface area contributed by atoms with Crippen molar-refractivity contribution in [3.8, 4) is 0 Å². The zero-order valence-electron chi connectivity index (χ0n) is 13.0. The minimum absolute atomic E-state index is 0.167. The van der Waals surface area contributed by atoms with Gasteiger partial charge in [-0.05, 0) is 48.2 Å². The topological polar surface area (TPSA) is 93.7 Å². The fourth-order valence-electron chi connectivity index (χ4n) is 1.61. The third kappa shape index (κ3) is 8.86. The van der Waals surface area contributed by atoms with Crippen molar-refractivity contribution in [2.75, 3.05) is 0 Å². The summed E-state index contributed by atoms with van der Waals surface area (Å²) in [5.74, 6) is -1.37. The van der Waals surface area contributed by atoms with E-state index in [1.165, 1.54) is 0 Å². The van der Waals surface area contributed by atoms with Crippen molar-refractivity contribution in [3.05, 3.63) is 0 Å². The van der Waals surface area contributed by atoms with Crippen molar-refractivity contribution >= 4 is 43.7 Å². The van der Waals surface area contributed by atoms with Gasteiger partial charge in [-0.2, -0.15) is 9.05 Å². The first-order valence-corrected chi connectivity index (χ1v) is 8.69. The van der Waals surface area contributed by atoms with Gasteiger partial charge < -0.3 is 0 Å². The zero-order chi connectivity index (χ0) is 17.3. The summed E-state index contributed by atoms with van der Waals surface area (Å²) in [6, 6.07) is -1.67. The maximum atomic E-state index is 11.7. The average molecular weight is 376 g/mol. The summed E-state index contributed by atoms with van der Waals surface area (Å²) < 4.78 is 20.8. The zero-order valence-corrected chi connectivity index (χ0v) is 15.4. The Morgan fingerprint density at radius 3 is 1.45 bits per heavy atom.